The molecular weight excluding hydrogens is 377 g/mol. The smallest absolute Gasteiger partial charge is 0.311 e. The van der Waals surface area contributed by atoms with Crippen LogP contribution in [0.3, 0.4) is 0 Å². The van der Waals surface area contributed by atoms with E-state index in [1.54, 1.807) is 20.8 Å². The fourth-order valence-electron chi connectivity index (χ4n) is 2.37. The van der Waals surface area contributed by atoms with Crippen molar-refractivity contribution in [3.63, 3.8) is 0 Å². The van der Waals surface area contributed by atoms with E-state index in [4.69, 9.17) is 54.4 Å². The van der Waals surface area contributed by atoms with Crippen molar-refractivity contribution in [1.82, 2.24) is 0 Å². The van der Waals surface area contributed by atoms with Crippen molar-refractivity contribution in [3.05, 3.63) is 0 Å². The molecule has 1 fully saturated rings. The molecule has 0 amide bonds. The molecule has 24 heavy (non-hydrogen) atoms. The second-order valence-corrected chi connectivity index (χ2v) is 9.69. The Morgan fingerprint density at radius 3 is 2.08 bits per heavy atom. The molecule has 0 spiro atoms. The predicted molar refractivity (Wildman–Crippen MR) is 95.7 cm³/mol. The lowest BCUT2D eigenvalue weighted by molar-refractivity contribution is -0.230. The number of halogens is 3. The largest absolute Gasteiger partial charge is 0.463 e. The fraction of sp³-hybridized carbons (Fsp3) is 0.875. The molecule has 0 aromatic heterocycles. The van der Waals surface area contributed by atoms with Crippen LogP contribution in [-0.2, 0) is 19.0 Å². The van der Waals surface area contributed by atoms with Crippen molar-refractivity contribution >= 4 is 46.7 Å². The van der Waals surface area contributed by atoms with Crippen LogP contribution in [0.2, 0.25) is 0 Å². The summed E-state index contributed by atoms with van der Waals surface area (Å²) in [5.41, 5.74) is -0.579. The molecule has 0 aliphatic carbocycles. The summed E-state index contributed by atoms with van der Waals surface area (Å²) in [4.78, 5) is 12.0. The minimum Gasteiger partial charge on any atom is -0.463 e. The summed E-state index contributed by atoms with van der Waals surface area (Å²) in [5, 5.41) is 7.72. The molecule has 1 rings (SSSR count). The Labute approximate surface area is 158 Å². The van der Waals surface area contributed by atoms with E-state index in [9.17, 15) is 4.79 Å². The first-order chi connectivity index (χ1) is 10.7. The molecule has 5 nitrogen and oxygen atoms in total. The highest BCUT2D eigenvalue weighted by Gasteiger charge is 2.43. The second-order valence-electron chi connectivity index (χ2n) is 7.41. The topological polar surface area (TPSA) is 68.6 Å². The zero-order valence-electron chi connectivity index (χ0n) is 14.9. The van der Waals surface area contributed by atoms with Crippen LogP contribution >= 0.6 is 34.8 Å². The molecule has 0 aromatic rings. The van der Waals surface area contributed by atoms with E-state index >= 15 is 0 Å². The van der Waals surface area contributed by atoms with Crippen LogP contribution in [0.25, 0.3) is 0 Å². The average Bonchev–Trinajstić information content (AvgIpc) is 2.44. The molecule has 1 aliphatic rings. The maximum absolute atomic E-state index is 12.0. The molecule has 5 atom stereocenters. The SMILES string of the molecule is CC1[C@H](OC(=N)C(Cl)(Cl)Cl)OC(COC(=O)C(C)(C)C)[C@H](C)[C@@H]1C. The summed E-state index contributed by atoms with van der Waals surface area (Å²) in [6.45, 7) is 11.5. The number of hydrogen-bond donors (Lipinski definition) is 1. The van der Waals surface area contributed by atoms with Gasteiger partial charge in [-0.3, -0.25) is 10.2 Å². The van der Waals surface area contributed by atoms with Crippen molar-refractivity contribution in [3.8, 4) is 0 Å². The lowest BCUT2D eigenvalue weighted by Crippen LogP contribution is -2.49. The van der Waals surface area contributed by atoms with E-state index in [0.29, 0.717) is 0 Å². The quantitative estimate of drug-likeness (QED) is 0.325. The Bertz CT molecular complexity index is 471. The minimum absolute atomic E-state index is 0.0118. The zero-order chi connectivity index (χ0) is 18.9. The van der Waals surface area contributed by atoms with E-state index in [1.165, 1.54) is 0 Å². The zero-order valence-corrected chi connectivity index (χ0v) is 17.1. The highest BCUT2D eigenvalue weighted by molar-refractivity contribution is 6.76. The molecular formula is C16H26Cl3NO4. The van der Waals surface area contributed by atoms with Crippen LogP contribution in [0.15, 0.2) is 0 Å². The van der Waals surface area contributed by atoms with Crippen molar-refractivity contribution in [2.45, 2.75) is 57.7 Å². The van der Waals surface area contributed by atoms with Gasteiger partial charge in [0.25, 0.3) is 3.79 Å². The van der Waals surface area contributed by atoms with E-state index in [2.05, 4.69) is 6.92 Å². The van der Waals surface area contributed by atoms with Gasteiger partial charge in [-0.05, 0) is 32.6 Å². The summed E-state index contributed by atoms with van der Waals surface area (Å²) in [6, 6.07) is 0. The van der Waals surface area contributed by atoms with Crippen molar-refractivity contribution in [2.75, 3.05) is 6.61 Å². The monoisotopic (exact) mass is 401 g/mol. The first-order valence-corrected chi connectivity index (χ1v) is 9.03. The van der Waals surface area contributed by atoms with Crippen LogP contribution in [0.5, 0.6) is 0 Å². The number of nitrogens with one attached hydrogen (secondary N) is 1. The summed E-state index contributed by atoms with van der Waals surface area (Å²) in [6.07, 6.45) is -1.09. The molecule has 0 aromatic carbocycles. The Balaban J connectivity index is 2.76. The third-order valence-corrected chi connectivity index (χ3v) is 4.98. The highest BCUT2D eigenvalue weighted by Crippen LogP contribution is 2.37. The number of esters is 1. The van der Waals surface area contributed by atoms with Gasteiger partial charge in [0, 0.05) is 5.92 Å². The van der Waals surface area contributed by atoms with E-state index < -0.39 is 21.4 Å². The van der Waals surface area contributed by atoms with Crippen LogP contribution in [-0.4, -0.2) is 34.7 Å². The first kappa shape index (κ1) is 21.8. The molecule has 0 saturated carbocycles. The third-order valence-electron chi connectivity index (χ3n) is 4.47. The van der Waals surface area contributed by atoms with E-state index in [-0.39, 0.29) is 36.4 Å². The lowest BCUT2D eigenvalue weighted by Gasteiger charge is -2.43. The van der Waals surface area contributed by atoms with E-state index in [0.717, 1.165) is 0 Å². The molecule has 1 aliphatic heterocycles. The molecule has 8 heteroatoms. The van der Waals surface area contributed by atoms with Crippen LogP contribution in [0.1, 0.15) is 41.5 Å². The highest BCUT2D eigenvalue weighted by atomic mass is 35.6. The number of ether oxygens (including phenoxy) is 3. The Morgan fingerprint density at radius 1 is 1.08 bits per heavy atom. The Kier molecular flexibility index (Phi) is 7.25. The van der Waals surface area contributed by atoms with Gasteiger partial charge in [0.05, 0.1) is 11.5 Å². The number of carbonyl (C=O) groups excluding carboxylic acids is 1. The Hall–Kier alpha value is -0.230. The molecule has 1 heterocycles. The van der Waals surface area contributed by atoms with Gasteiger partial charge in [0.15, 0.2) is 0 Å². The van der Waals surface area contributed by atoms with Gasteiger partial charge >= 0.3 is 5.97 Å². The standard InChI is InChI=1S/C16H26Cl3NO4/c1-8-9(2)11(7-22-14(21)15(4,5)6)23-12(10(8)3)24-13(20)16(17,18)19/h8-12,20H,7H2,1-6H3/t8-,9+,10?,11?,12-/m0/s1. The number of hydrogen-bond acceptors (Lipinski definition) is 5. The summed E-state index contributed by atoms with van der Waals surface area (Å²) < 4.78 is 14.7. The minimum atomic E-state index is -1.94. The molecule has 140 valence electrons. The molecule has 2 unspecified atom stereocenters. The summed E-state index contributed by atoms with van der Waals surface area (Å²) >= 11 is 17.0. The predicted octanol–water partition coefficient (Wildman–Crippen LogP) is 4.57. The van der Waals surface area contributed by atoms with Crippen molar-refractivity contribution in [1.29, 1.82) is 5.41 Å². The van der Waals surface area contributed by atoms with Gasteiger partial charge in [-0.2, -0.15) is 0 Å². The van der Waals surface area contributed by atoms with Gasteiger partial charge in [-0.25, -0.2) is 0 Å². The first-order valence-electron chi connectivity index (χ1n) is 7.90. The number of alkyl halides is 3. The molecule has 0 radical (unpaired) electrons. The molecule has 0 bridgehead atoms. The fourth-order valence-corrected chi connectivity index (χ4v) is 2.50. The van der Waals surface area contributed by atoms with Gasteiger partial charge in [0.2, 0.25) is 12.2 Å². The normalized spacial score (nSPS) is 31.5. The number of rotatable bonds is 3. The summed E-state index contributed by atoms with van der Waals surface area (Å²) in [7, 11) is 0. The number of carbonyl (C=O) groups is 1. The Morgan fingerprint density at radius 2 is 1.62 bits per heavy atom. The van der Waals surface area contributed by atoms with Gasteiger partial charge in [-0.15, -0.1) is 0 Å². The van der Waals surface area contributed by atoms with Crippen molar-refractivity contribution in [2.24, 2.45) is 23.2 Å². The van der Waals surface area contributed by atoms with E-state index in [1.807, 2.05) is 13.8 Å². The van der Waals surface area contributed by atoms with Gasteiger partial charge in [0.1, 0.15) is 6.61 Å². The maximum atomic E-state index is 12.0. The summed E-state index contributed by atoms with van der Waals surface area (Å²) in [5.74, 6) is -0.435. The van der Waals surface area contributed by atoms with Crippen LogP contribution < -0.4 is 0 Å². The van der Waals surface area contributed by atoms with Crippen LogP contribution in [0, 0.1) is 28.6 Å². The van der Waals surface area contributed by atoms with Gasteiger partial charge < -0.3 is 14.2 Å². The van der Waals surface area contributed by atoms with Crippen LogP contribution in [0.4, 0.5) is 0 Å². The van der Waals surface area contributed by atoms with Crippen molar-refractivity contribution < 1.29 is 19.0 Å². The molecule has 1 N–H and O–H groups in total. The lowest BCUT2D eigenvalue weighted by atomic mass is 9.79. The van der Waals surface area contributed by atoms with Gasteiger partial charge in [-0.1, -0.05) is 55.6 Å². The third kappa shape index (κ3) is 5.65. The second kappa shape index (κ2) is 7.98. The average molecular weight is 403 g/mol. The molecule has 1 saturated heterocycles. The maximum Gasteiger partial charge on any atom is 0.311 e.